The van der Waals surface area contributed by atoms with E-state index in [4.69, 9.17) is 33.8 Å². The largest absolute Gasteiger partial charge is 0.476 e. The van der Waals surface area contributed by atoms with Gasteiger partial charge in [0, 0.05) is 6.42 Å². The average molecular weight is 262 g/mol. The number of aromatic nitrogens is 1. The van der Waals surface area contributed by atoms with Gasteiger partial charge in [-0.05, 0) is 13.0 Å². The third-order valence-corrected chi connectivity index (χ3v) is 2.36. The summed E-state index contributed by atoms with van der Waals surface area (Å²) in [5.74, 6) is 5.87. The number of nitrogens with two attached hydrogens (primary N) is 1. The number of hydrazine groups is 1. The third-order valence-electron chi connectivity index (χ3n) is 1.80. The van der Waals surface area contributed by atoms with Gasteiger partial charge < -0.3 is 10.2 Å². The number of hydrogen-bond acceptors (Lipinski definition) is 4. The van der Waals surface area contributed by atoms with Crippen LogP contribution in [0.5, 0.6) is 5.88 Å². The highest BCUT2D eigenvalue weighted by atomic mass is 35.5. The van der Waals surface area contributed by atoms with Gasteiger partial charge in [-0.25, -0.2) is 5.84 Å². The Bertz CT molecular complexity index is 396. The molecule has 0 unspecified atom stereocenters. The predicted octanol–water partition coefficient (Wildman–Crippen LogP) is 3.02. The first-order chi connectivity index (χ1) is 7.54. The molecule has 0 aliphatic rings. The Morgan fingerprint density at radius 3 is 2.81 bits per heavy atom. The van der Waals surface area contributed by atoms with Crippen LogP contribution in [0.2, 0.25) is 10.0 Å². The number of hydrogen-bond donors (Lipinski definition) is 2. The molecule has 88 valence electrons. The van der Waals surface area contributed by atoms with Crippen LogP contribution in [0, 0.1) is 0 Å². The van der Waals surface area contributed by atoms with Crippen LogP contribution in [0.15, 0.2) is 18.2 Å². The van der Waals surface area contributed by atoms with Crippen LogP contribution in [0.25, 0.3) is 0 Å². The van der Waals surface area contributed by atoms with Gasteiger partial charge in [0.25, 0.3) is 0 Å². The molecule has 3 N–H and O–H groups in total. The molecule has 0 bridgehead atoms. The summed E-state index contributed by atoms with van der Waals surface area (Å²) in [4.78, 5) is 4.04. The molecule has 0 aromatic carbocycles. The second kappa shape index (κ2) is 5.94. The number of nitrogens with one attached hydrogen (secondary N) is 1. The number of rotatable bonds is 5. The Kier molecular flexibility index (Phi) is 4.86. The van der Waals surface area contributed by atoms with Crippen molar-refractivity contribution in [1.29, 1.82) is 0 Å². The maximum absolute atomic E-state index is 5.91. The molecule has 0 aliphatic carbocycles. The topological polar surface area (TPSA) is 60.2 Å². The van der Waals surface area contributed by atoms with Crippen molar-refractivity contribution in [3.63, 3.8) is 0 Å². The van der Waals surface area contributed by atoms with Crippen molar-refractivity contribution in [2.24, 2.45) is 5.84 Å². The molecule has 0 atom stereocenters. The van der Waals surface area contributed by atoms with Crippen molar-refractivity contribution in [3.05, 3.63) is 28.3 Å². The number of nitrogens with zero attached hydrogens (tertiary/aromatic N) is 1. The van der Waals surface area contributed by atoms with Crippen molar-refractivity contribution in [2.45, 2.75) is 13.3 Å². The Morgan fingerprint density at radius 2 is 2.25 bits per heavy atom. The summed E-state index contributed by atoms with van der Waals surface area (Å²) in [6.07, 6.45) is 0.742. The van der Waals surface area contributed by atoms with E-state index in [1.807, 2.05) is 6.92 Å². The zero-order valence-electron chi connectivity index (χ0n) is 8.89. The van der Waals surface area contributed by atoms with Crippen LogP contribution in [0.4, 0.5) is 5.82 Å². The summed E-state index contributed by atoms with van der Waals surface area (Å²) in [5, 5.41) is 0.700. The lowest BCUT2D eigenvalue weighted by Crippen LogP contribution is -2.10. The van der Waals surface area contributed by atoms with E-state index < -0.39 is 0 Å². The highest BCUT2D eigenvalue weighted by Crippen LogP contribution is 2.30. The maximum atomic E-state index is 5.91. The van der Waals surface area contributed by atoms with E-state index in [0.29, 0.717) is 28.3 Å². The molecule has 0 radical (unpaired) electrons. The summed E-state index contributed by atoms with van der Waals surface area (Å²) in [6, 6.07) is 1.53. The van der Waals surface area contributed by atoms with Crippen LogP contribution in [0.1, 0.15) is 13.3 Å². The average Bonchev–Trinajstić information content (AvgIpc) is 2.20. The number of pyridine rings is 1. The molecule has 0 spiro atoms. The Labute approximate surface area is 104 Å². The van der Waals surface area contributed by atoms with Gasteiger partial charge in [0.05, 0.1) is 11.6 Å². The molecular formula is C10H13Cl2N3O. The molecule has 0 fully saturated rings. The quantitative estimate of drug-likeness (QED) is 0.486. The lowest BCUT2D eigenvalue weighted by Gasteiger charge is -2.09. The molecule has 1 heterocycles. The van der Waals surface area contributed by atoms with Crippen molar-refractivity contribution >= 4 is 29.0 Å². The van der Waals surface area contributed by atoms with E-state index in [1.165, 1.54) is 6.07 Å². The highest BCUT2D eigenvalue weighted by molar-refractivity contribution is 6.36. The minimum Gasteiger partial charge on any atom is -0.476 e. The first-order valence-corrected chi connectivity index (χ1v) is 5.40. The van der Waals surface area contributed by atoms with Gasteiger partial charge in [-0.1, -0.05) is 28.8 Å². The molecule has 1 rings (SSSR count). The van der Waals surface area contributed by atoms with Gasteiger partial charge in [-0.2, -0.15) is 4.98 Å². The molecule has 4 nitrogen and oxygen atoms in total. The van der Waals surface area contributed by atoms with E-state index in [2.05, 4.69) is 17.0 Å². The second-order valence-corrected chi connectivity index (χ2v) is 4.12. The van der Waals surface area contributed by atoms with Crippen molar-refractivity contribution in [3.8, 4) is 5.88 Å². The number of ether oxygens (including phenoxy) is 1. The SMILES string of the molecule is C=C(C)CCOc1nc(NN)c(Cl)cc1Cl. The molecule has 1 aromatic rings. The normalized spacial score (nSPS) is 10.0. The van der Waals surface area contributed by atoms with Crippen LogP contribution >= 0.6 is 23.2 Å². The summed E-state index contributed by atoms with van der Waals surface area (Å²) in [5.41, 5.74) is 3.39. The van der Waals surface area contributed by atoms with Gasteiger partial charge in [0.15, 0.2) is 5.82 Å². The molecule has 0 aliphatic heterocycles. The van der Waals surface area contributed by atoms with Gasteiger partial charge in [0.2, 0.25) is 5.88 Å². The lowest BCUT2D eigenvalue weighted by atomic mass is 10.3. The maximum Gasteiger partial charge on any atom is 0.234 e. The molecule has 0 saturated carbocycles. The summed E-state index contributed by atoms with van der Waals surface area (Å²) >= 11 is 11.7. The lowest BCUT2D eigenvalue weighted by molar-refractivity contribution is 0.310. The highest BCUT2D eigenvalue weighted by Gasteiger charge is 2.09. The second-order valence-electron chi connectivity index (χ2n) is 3.31. The van der Waals surface area contributed by atoms with Crippen molar-refractivity contribution < 1.29 is 4.74 Å². The standard InChI is InChI=1S/C10H13Cl2N3O/c1-6(2)3-4-16-10-8(12)5-7(11)9(14-10)15-13/h5H,1,3-4,13H2,2H3,(H,14,15). The Hall–Kier alpha value is -0.970. The minimum atomic E-state index is 0.306. The third kappa shape index (κ3) is 3.56. The summed E-state index contributed by atoms with van der Waals surface area (Å²) in [6.45, 7) is 6.16. The Morgan fingerprint density at radius 1 is 1.56 bits per heavy atom. The molecule has 16 heavy (non-hydrogen) atoms. The molecular weight excluding hydrogens is 249 g/mol. The fourth-order valence-electron chi connectivity index (χ4n) is 0.974. The number of halogens is 2. The summed E-state index contributed by atoms with van der Waals surface area (Å²) in [7, 11) is 0. The van der Waals surface area contributed by atoms with E-state index in [9.17, 15) is 0 Å². The van der Waals surface area contributed by atoms with Crippen molar-refractivity contribution in [2.75, 3.05) is 12.0 Å². The Balaban J connectivity index is 2.75. The fourth-order valence-corrected chi connectivity index (χ4v) is 1.44. The molecule has 6 heteroatoms. The zero-order valence-corrected chi connectivity index (χ0v) is 10.4. The van der Waals surface area contributed by atoms with Crippen LogP contribution in [-0.4, -0.2) is 11.6 Å². The molecule has 0 amide bonds. The van der Waals surface area contributed by atoms with Gasteiger partial charge in [0.1, 0.15) is 5.02 Å². The first-order valence-electron chi connectivity index (χ1n) is 4.64. The fraction of sp³-hybridized carbons (Fsp3) is 0.300. The van der Waals surface area contributed by atoms with E-state index in [0.717, 1.165) is 12.0 Å². The smallest absolute Gasteiger partial charge is 0.234 e. The predicted molar refractivity (Wildman–Crippen MR) is 67.0 cm³/mol. The van der Waals surface area contributed by atoms with Gasteiger partial charge >= 0.3 is 0 Å². The van der Waals surface area contributed by atoms with E-state index >= 15 is 0 Å². The van der Waals surface area contributed by atoms with E-state index in [-0.39, 0.29) is 0 Å². The van der Waals surface area contributed by atoms with Crippen LogP contribution < -0.4 is 16.0 Å². The van der Waals surface area contributed by atoms with E-state index in [1.54, 1.807) is 0 Å². The minimum absolute atomic E-state index is 0.306. The number of anilines is 1. The van der Waals surface area contributed by atoms with Crippen LogP contribution in [0.3, 0.4) is 0 Å². The zero-order chi connectivity index (χ0) is 12.1. The first kappa shape index (κ1) is 13.1. The van der Waals surface area contributed by atoms with Crippen LogP contribution in [-0.2, 0) is 0 Å². The van der Waals surface area contributed by atoms with Gasteiger partial charge in [-0.3, -0.25) is 0 Å². The summed E-state index contributed by atoms with van der Waals surface area (Å²) < 4.78 is 5.39. The monoisotopic (exact) mass is 261 g/mol. The van der Waals surface area contributed by atoms with Gasteiger partial charge in [-0.15, -0.1) is 6.58 Å². The molecule has 1 aromatic heterocycles. The number of nitrogen functional groups attached to an aromatic ring is 1. The van der Waals surface area contributed by atoms with Crippen molar-refractivity contribution in [1.82, 2.24) is 4.98 Å². The molecule has 0 saturated heterocycles.